The normalized spacial score (nSPS) is 11.5. The van der Waals surface area contributed by atoms with E-state index in [1.54, 1.807) is 18.2 Å². The summed E-state index contributed by atoms with van der Waals surface area (Å²) in [4.78, 5) is 0. The monoisotopic (exact) mass is 440 g/mol. The van der Waals surface area contributed by atoms with Gasteiger partial charge < -0.3 is 4.74 Å². The third-order valence-electron chi connectivity index (χ3n) is 4.50. The Labute approximate surface area is 173 Å². The summed E-state index contributed by atoms with van der Waals surface area (Å²) in [5, 5.41) is 0. The lowest BCUT2D eigenvalue weighted by molar-refractivity contribution is -0.187. The second-order valence-corrected chi connectivity index (χ2v) is 6.63. The first-order chi connectivity index (χ1) is 14.6. The van der Waals surface area contributed by atoms with Crippen molar-refractivity contribution in [3.8, 4) is 16.9 Å². The molecular weight excluding hydrogens is 425 g/mol. The quantitative estimate of drug-likeness (QED) is 0.213. The van der Waals surface area contributed by atoms with Crippen molar-refractivity contribution in [2.75, 3.05) is 0 Å². The van der Waals surface area contributed by atoms with Crippen molar-refractivity contribution in [2.45, 2.75) is 19.0 Å². The summed E-state index contributed by atoms with van der Waals surface area (Å²) >= 11 is 0. The number of hydrogen-bond acceptors (Lipinski definition) is 1. The van der Waals surface area contributed by atoms with Gasteiger partial charge in [-0.05, 0) is 30.0 Å². The molecule has 0 aliphatic rings. The fourth-order valence-corrected chi connectivity index (χ4v) is 2.91. The highest BCUT2D eigenvalue weighted by Gasteiger charge is 2.39. The summed E-state index contributed by atoms with van der Waals surface area (Å²) in [6.45, 7) is 3.61. The van der Waals surface area contributed by atoms with E-state index >= 15 is 0 Å². The number of rotatable bonds is 7. The molecule has 0 N–H and O–H groups in total. The van der Waals surface area contributed by atoms with E-state index in [9.17, 15) is 30.7 Å². The molecule has 0 aromatic heterocycles. The summed E-state index contributed by atoms with van der Waals surface area (Å²) in [6, 6.07) is 8.32. The molecule has 3 rings (SSSR count). The molecule has 31 heavy (non-hydrogen) atoms. The topological polar surface area (TPSA) is 9.23 Å². The van der Waals surface area contributed by atoms with Crippen LogP contribution in [0, 0.1) is 29.1 Å². The summed E-state index contributed by atoms with van der Waals surface area (Å²) in [7, 11) is 0. The molecule has 0 saturated heterocycles. The first-order valence-corrected chi connectivity index (χ1v) is 9.04. The van der Waals surface area contributed by atoms with Gasteiger partial charge in [0.15, 0.2) is 29.1 Å². The minimum atomic E-state index is -4.49. The van der Waals surface area contributed by atoms with Gasteiger partial charge in [-0.1, -0.05) is 36.4 Å². The Morgan fingerprint density at radius 2 is 1.42 bits per heavy atom. The van der Waals surface area contributed by atoms with Crippen molar-refractivity contribution in [3.05, 3.63) is 101 Å². The Morgan fingerprint density at radius 1 is 0.806 bits per heavy atom. The maximum Gasteiger partial charge on any atom is 0.429 e. The van der Waals surface area contributed by atoms with E-state index in [1.807, 2.05) is 0 Å². The third-order valence-corrected chi connectivity index (χ3v) is 4.50. The standard InChI is InChI=1S/C23H15F7O/c1-2-3-4-13-5-7-14(8-6-13)16-9-10-17(21(27)20(16)26)23(29,30)31-15-11-18(24)22(28)19(25)12-15/h2,5-12H,1,3-4H2. The SMILES string of the molecule is C=CCCc1ccc(-c2ccc(C(F)(F)Oc3cc(F)c(F)c(F)c3)c(F)c2F)cc1. The number of allylic oxidation sites excluding steroid dienone is 1. The van der Waals surface area contributed by atoms with Crippen LogP contribution in [0.25, 0.3) is 11.1 Å². The van der Waals surface area contributed by atoms with Crippen LogP contribution in [0.15, 0.2) is 61.2 Å². The molecular formula is C23H15F7O. The van der Waals surface area contributed by atoms with Gasteiger partial charge >= 0.3 is 6.11 Å². The molecule has 0 radical (unpaired) electrons. The van der Waals surface area contributed by atoms with Crippen LogP contribution in [-0.4, -0.2) is 0 Å². The molecule has 0 aliphatic heterocycles. The Morgan fingerprint density at radius 3 is 2.00 bits per heavy atom. The van der Waals surface area contributed by atoms with Gasteiger partial charge in [0, 0.05) is 17.7 Å². The first-order valence-electron chi connectivity index (χ1n) is 9.04. The minimum absolute atomic E-state index is 0.170. The summed E-state index contributed by atoms with van der Waals surface area (Å²) in [5.74, 6) is -9.96. The van der Waals surface area contributed by atoms with Gasteiger partial charge in [0.05, 0.1) is 0 Å². The molecule has 8 heteroatoms. The van der Waals surface area contributed by atoms with Crippen LogP contribution in [0.1, 0.15) is 17.5 Å². The van der Waals surface area contributed by atoms with E-state index in [-0.39, 0.29) is 23.3 Å². The van der Waals surface area contributed by atoms with Crippen LogP contribution in [0.5, 0.6) is 5.75 Å². The van der Waals surface area contributed by atoms with E-state index in [2.05, 4.69) is 11.3 Å². The largest absolute Gasteiger partial charge is 0.429 e. The zero-order valence-electron chi connectivity index (χ0n) is 15.9. The molecule has 0 atom stereocenters. The number of hydrogen-bond donors (Lipinski definition) is 0. The molecule has 3 aromatic carbocycles. The van der Waals surface area contributed by atoms with Gasteiger partial charge in [-0.15, -0.1) is 6.58 Å². The van der Waals surface area contributed by atoms with Crippen LogP contribution in [-0.2, 0) is 12.5 Å². The summed E-state index contributed by atoms with van der Waals surface area (Å²) < 4.78 is 101. The van der Waals surface area contributed by atoms with E-state index in [0.29, 0.717) is 12.5 Å². The third kappa shape index (κ3) is 4.73. The molecule has 162 valence electrons. The van der Waals surface area contributed by atoms with Crippen molar-refractivity contribution in [1.82, 2.24) is 0 Å². The molecule has 0 saturated carbocycles. The van der Waals surface area contributed by atoms with E-state index in [0.717, 1.165) is 18.1 Å². The molecule has 0 bridgehead atoms. The molecule has 0 spiro atoms. The van der Waals surface area contributed by atoms with Gasteiger partial charge in [0.2, 0.25) is 0 Å². The fourth-order valence-electron chi connectivity index (χ4n) is 2.91. The van der Waals surface area contributed by atoms with Crippen LogP contribution in [0.3, 0.4) is 0 Å². The zero-order valence-corrected chi connectivity index (χ0v) is 15.9. The number of ether oxygens (including phenoxy) is 1. The Hall–Kier alpha value is -3.29. The fraction of sp³-hybridized carbons (Fsp3) is 0.130. The molecule has 0 amide bonds. The van der Waals surface area contributed by atoms with E-state index in [4.69, 9.17) is 0 Å². The number of alkyl halides is 2. The van der Waals surface area contributed by atoms with Crippen molar-refractivity contribution in [3.63, 3.8) is 0 Å². The average molecular weight is 440 g/mol. The molecule has 3 aromatic rings. The molecule has 0 unspecified atom stereocenters. The highest BCUT2D eigenvalue weighted by molar-refractivity contribution is 5.65. The van der Waals surface area contributed by atoms with E-state index < -0.39 is 46.5 Å². The van der Waals surface area contributed by atoms with Crippen LogP contribution in [0.2, 0.25) is 0 Å². The van der Waals surface area contributed by atoms with Crippen LogP contribution in [0.4, 0.5) is 30.7 Å². The minimum Gasteiger partial charge on any atom is -0.429 e. The second-order valence-electron chi connectivity index (χ2n) is 6.63. The highest BCUT2D eigenvalue weighted by atomic mass is 19.3. The average Bonchev–Trinajstić information content (AvgIpc) is 2.72. The van der Waals surface area contributed by atoms with Gasteiger partial charge in [-0.25, -0.2) is 22.0 Å². The van der Waals surface area contributed by atoms with Gasteiger partial charge in [0.25, 0.3) is 0 Å². The smallest absolute Gasteiger partial charge is 0.429 e. The molecule has 0 aliphatic carbocycles. The first kappa shape index (κ1) is 22.4. The number of aryl methyl sites for hydroxylation is 1. The van der Waals surface area contributed by atoms with Crippen LogP contribution >= 0.6 is 0 Å². The molecule has 1 nitrogen and oxygen atoms in total. The predicted molar refractivity (Wildman–Crippen MR) is 101 cm³/mol. The van der Waals surface area contributed by atoms with Crippen molar-refractivity contribution in [2.24, 2.45) is 0 Å². The maximum absolute atomic E-state index is 14.6. The summed E-state index contributed by atoms with van der Waals surface area (Å²) in [6.07, 6.45) is -1.32. The lowest BCUT2D eigenvalue weighted by atomic mass is 9.99. The lowest BCUT2D eigenvalue weighted by Gasteiger charge is -2.20. The molecule has 0 heterocycles. The van der Waals surface area contributed by atoms with Crippen molar-refractivity contribution >= 4 is 0 Å². The predicted octanol–water partition coefficient (Wildman–Crippen LogP) is 7.30. The highest BCUT2D eigenvalue weighted by Crippen LogP contribution is 2.37. The molecule has 0 fully saturated rings. The maximum atomic E-state index is 14.6. The van der Waals surface area contributed by atoms with Crippen LogP contribution < -0.4 is 4.74 Å². The van der Waals surface area contributed by atoms with Gasteiger partial charge in [-0.2, -0.15) is 8.78 Å². The Bertz CT molecular complexity index is 1080. The van der Waals surface area contributed by atoms with Gasteiger partial charge in [0.1, 0.15) is 11.3 Å². The number of benzene rings is 3. The zero-order chi connectivity index (χ0) is 22.8. The van der Waals surface area contributed by atoms with Crippen molar-refractivity contribution < 1.29 is 35.5 Å². The number of halogens is 7. The lowest BCUT2D eigenvalue weighted by Crippen LogP contribution is -2.24. The second kappa shape index (κ2) is 8.83. The van der Waals surface area contributed by atoms with Gasteiger partial charge in [-0.3, -0.25) is 0 Å². The Kier molecular flexibility index (Phi) is 6.38. The van der Waals surface area contributed by atoms with Crippen molar-refractivity contribution in [1.29, 1.82) is 0 Å². The van der Waals surface area contributed by atoms with E-state index in [1.165, 1.54) is 12.1 Å². The Balaban J connectivity index is 1.91. The summed E-state index contributed by atoms with van der Waals surface area (Å²) in [5.41, 5.74) is -0.551.